The van der Waals surface area contributed by atoms with Crippen LogP contribution in [0.4, 0.5) is 0 Å². The Morgan fingerprint density at radius 1 is 0.791 bits per heavy atom. The molecule has 0 bridgehead atoms. The first-order valence-electron chi connectivity index (χ1n) is 15.5. The van der Waals surface area contributed by atoms with Crippen molar-refractivity contribution in [2.75, 3.05) is 47.1 Å². The number of benzene rings is 2. The third-order valence-electron chi connectivity index (χ3n) is 7.45. The van der Waals surface area contributed by atoms with E-state index in [2.05, 4.69) is 6.92 Å². The summed E-state index contributed by atoms with van der Waals surface area (Å²) in [5.41, 5.74) is 2.89. The molecule has 0 saturated heterocycles. The van der Waals surface area contributed by atoms with Crippen molar-refractivity contribution in [2.45, 2.75) is 65.3 Å². The molecule has 2 amide bonds. The highest BCUT2D eigenvalue weighted by molar-refractivity contribution is 7.09. The Balaban J connectivity index is 1.73. The molecule has 0 fully saturated rings. The molecule has 3 aromatic rings. The Labute approximate surface area is 261 Å². The number of carbonyl (C=O) groups is 2. The summed E-state index contributed by atoms with van der Waals surface area (Å²) in [5, 5.41) is 2.02. The lowest BCUT2D eigenvalue weighted by atomic mass is 10.0. The Morgan fingerprint density at radius 3 is 2.23 bits per heavy atom. The molecule has 0 aliphatic carbocycles. The van der Waals surface area contributed by atoms with Gasteiger partial charge in [0.15, 0.2) is 11.5 Å². The van der Waals surface area contributed by atoms with Gasteiger partial charge in [0.1, 0.15) is 6.54 Å². The number of unbranched alkanes of at least 4 members (excludes halogenated alkanes) is 3. The van der Waals surface area contributed by atoms with E-state index in [4.69, 9.17) is 14.2 Å². The number of ether oxygens (including phenoxy) is 3. The van der Waals surface area contributed by atoms with Crippen LogP contribution in [-0.4, -0.2) is 68.7 Å². The second-order valence-corrected chi connectivity index (χ2v) is 11.7. The molecule has 0 unspecified atom stereocenters. The summed E-state index contributed by atoms with van der Waals surface area (Å²) in [6.07, 6.45) is 7.17. The highest BCUT2D eigenvalue weighted by Gasteiger charge is 2.23. The fourth-order valence-corrected chi connectivity index (χ4v) is 5.67. The Bertz CT molecular complexity index is 1230. The minimum absolute atomic E-state index is 0.0149. The van der Waals surface area contributed by atoms with Crippen LogP contribution in [0, 0.1) is 0 Å². The maximum absolute atomic E-state index is 13.8. The van der Waals surface area contributed by atoms with Gasteiger partial charge < -0.3 is 24.0 Å². The zero-order valence-corrected chi connectivity index (χ0v) is 27.1. The zero-order valence-electron chi connectivity index (χ0n) is 26.3. The molecule has 0 atom stereocenters. The fraction of sp³-hybridized carbons (Fsp3) is 0.486. The van der Waals surface area contributed by atoms with Crippen LogP contribution in [0.5, 0.6) is 11.5 Å². The van der Waals surface area contributed by atoms with Crippen LogP contribution < -0.4 is 9.47 Å². The van der Waals surface area contributed by atoms with Gasteiger partial charge in [-0.05, 0) is 79.4 Å². The van der Waals surface area contributed by atoms with Gasteiger partial charge in [-0.25, -0.2) is 0 Å². The summed E-state index contributed by atoms with van der Waals surface area (Å²) in [6.45, 7) is 6.81. The number of hydrogen-bond acceptors (Lipinski definition) is 6. The molecule has 0 saturated carbocycles. The summed E-state index contributed by atoms with van der Waals surface area (Å²) in [5.74, 6) is 1.13. The van der Waals surface area contributed by atoms with Gasteiger partial charge in [-0.3, -0.25) is 9.59 Å². The maximum Gasteiger partial charge on any atom is 0.254 e. The van der Waals surface area contributed by atoms with Crippen molar-refractivity contribution in [1.29, 1.82) is 0 Å². The number of carbonyl (C=O) groups excluding carboxylic acids is 2. The predicted molar refractivity (Wildman–Crippen MR) is 174 cm³/mol. The number of nitrogens with zero attached hydrogens (tertiary/aromatic N) is 2. The van der Waals surface area contributed by atoms with Crippen molar-refractivity contribution in [2.24, 2.45) is 0 Å². The Hall–Kier alpha value is -3.36. The number of amides is 2. The van der Waals surface area contributed by atoms with Gasteiger partial charge in [0.05, 0.1) is 20.8 Å². The molecule has 7 nitrogen and oxygen atoms in total. The van der Waals surface area contributed by atoms with Crippen LogP contribution in [0.1, 0.15) is 72.3 Å². The second kappa shape index (κ2) is 19.0. The van der Waals surface area contributed by atoms with Crippen LogP contribution in [0.2, 0.25) is 0 Å². The molecule has 1 aromatic heterocycles. The highest BCUT2D eigenvalue weighted by atomic mass is 32.1. The molecule has 0 aliphatic heterocycles. The smallest absolute Gasteiger partial charge is 0.254 e. The molecule has 0 radical (unpaired) electrons. The van der Waals surface area contributed by atoms with E-state index in [0.717, 1.165) is 23.3 Å². The first-order valence-corrected chi connectivity index (χ1v) is 16.3. The number of thiophene rings is 1. The summed E-state index contributed by atoms with van der Waals surface area (Å²) < 4.78 is 16.4. The van der Waals surface area contributed by atoms with Gasteiger partial charge in [0.2, 0.25) is 5.91 Å². The topological polar surface area (TPSA) is 68.3 Å². The first-order chi connectivity index (χ1) is 21.0. The number of rotatable bonds is 20. The van der Waals surface area contributed by atoms with E-state index >= 15 is 0 Å². The molecule has 1 heterocycles. The zero-order chi connectivity index (χ0) is 30.9. The Kier molecular flexibility index (Phi) is 15.1. The molecule has 8 heteroatoms. The van der Waals surface area contributed by atoms with Crippen LogP contribution in [0.25, 0.3) is 0 Å². The van der Waals surface area contributed by atoms with Crippen molar-refractivity contribution in [1.82, 2.24) is 9.80 Å². The van der Waals surface area contributed by atoms with Crippen molar-refractivity contribution in [3.05, 3.63) is 81.5 Å². The average molecular weight is 609 g/mol. The fourth-order valence-electron chi connectivity index (χ4n) is 4.95. The number of aryl methyl sites for hydroxylation is 1. The van der Waals surface area contributed by atoms with Crippen molar-refractivity contribution in [3.8, 4) is 11.5 Å². The van der Waals surface area contributed by atoms with E-state index in [9.17, 15) is 9.59 Å². The van der Waals surface area contributed by atoms with Crippen LogP contribution >= 0.6 is 11.3 Å². The summed E-state index contributed by atoms with van der Waals surface area (Å²) in [6, 6.07) is 17.8. The van der Waals surface area contributed by atoms with E-state index in [1.54, 1.807) is 30.5 Å². The van der Waals surface area contributed by atoms with E-state index in [0.29, 0.717) is 62.8 Å². The molecule has 234 valence electrons. The predicted octanol–water partition coefficient (Wildman–Crippen LogP) is 7.03. The third-order valence-corrected chi connectivity index (χ3v) is 8.31. The normalized spacial score (nSPS) is 10.9. The van der Waals surface area contributed by atoms with Gasteiger partial charge in [-0.15, -0.1) is 11.3 Å². The molecule has 0 N–H and O–H groups in total. The second-order valence-electron chi connectivity index (χ2n) is 10.6. The minimum atomic E-state index is -0.127. The first kappa shape index (κ1) is 34.1. The van der Waals surface area contributed by atoms with E-state index in [-0.39, 0.29) is 18.4 Å². The molecule has 0 spiro atoms. The lowest BCUT2D eigenvalue weighted by molar-refractivity contribution is -0.132. The Morgan fingerprint density at radius 2 is 1.56 bits per heavy atom. The van der Waals surface area contributed by atoms with Crippen molar-refractivity contribution >= 4 is 23.2 Å². The van der Waals surface area contributed by atoms with Gasteiger partial charge in [0, 0.05) is 36.7 Å². The van der Waals surface area contributed by atoms with E-state index in [1.165, 1.54) is 24.8 Å². The SMILES string of the molecule is CCCCCCc1ccc(C(=O)N(CCCOCC)CC(=O)N(CCc2ccc(OC)c(OC)c2)Cc2cccs2)cc1. The van der Waals surface area contributed by atoms with Crippen molar-refractivity contribution < 1.29 is 23.8 Å². The monoisotopic (exact) mass is 608 g/mol. The largest absolute Gasteiger partial charge is 0.493 e. The number of methoxy groups -OCH3 is 2. The van der Waals surface area contributed by atoms with Gasteiger partial charge in [-0.2, -0.15) is 0 Å². The van der Waals surface area contributed by atoms with Crippen LogP contribution in [-0.2, 0) is 28.9 Å². The van der Waals surface area contributed by atoms with Crippen molar-refractivity contribution in [3.63, 3.8) is 0 Å². The summed E-state index contributed by atoms with van der Waals surface area (Å²) >= 11 is 1.62. The molecular weight excluding hydrogens is 560 g/mol. The summed E-state index contributed by atoms with van der Waals surface area (Å²) in [7, 11) is 3.23. The molecular formula is C35H48N2O5S. The number of hydrogen-bond donors (Lipinski definition) is 0. The van der Waals surface area contributed by atoms with Gasteiger partial charge >= 0.3 is 0 Å². The van der Waals surface area contributed by atoms with Gasteiger partial charge in [-0.1, -0.05) is 50.5 Å². The molecule has 0 aliphatic rings. The maximum atomic E-state index is 13.8. The van der Waals surface area contributed by atoms with E-state index in [1.807, 2.05) is 71.8 Å². The molecule has 3 rings (SSSR count). The quantitative estimate of drug-likeness (QED) is 0.129. The van der Waals surface area contributed by atoms with Crippen LogP contribution in [0.15, 0.2) is 60.0 Å². The third kappa shape index (κ3) is 11.3. The van der Waals surface area contributed by atoms with Crippen LogP contribution in [0.3, 0.4) is 0 Å². The molecule has 2 aromatic carbocycles. The lowest BCUT2D eigenvalue weighted by Gasteiger charge is -2.28. The summed E-state index contributed by atoms with van der Waals surface area (Å²) in [4.78, 5) is 32.2. The van der Waals surface area contributed by atoms with Gasteiger partial charge in [0.25, 0.3) is 5.91 Å². The minimum Gasteiger partial charge on any atom is -0.493 e. The lowest BCUT2D eigenvalue weighted by Crippen LogP contribution is -2.44. The highest BCUT2D eigenvalue weighted by Crippen LogP contribution is 2.28. The molecule has 43 heavy (non-hydrogen) atoms. The average Bonchev–Trinajstić information content (AvgIpc) is 3.55. The van der Waals surface area contributed by atoms with E-state index < -0.39 is 0 Å². The standard InChI is InChI=1S/C35H48N2O5S/c1-5-7-8-9-12-28-14-17-30(18-15-28)35(39)37(21-11-23-42-6-2)27-34(38)36(26-31-13-10-24-43-31)22-20-29-16-19-32(40-3)33(25-29)41-4/h10,13-19,24-25H,5-9,11-12,20-23,26-27H2,1-4H3.